The molecule has 0 spiro atoms. The number of hydrogen-bond donors (Lipinski definition) is 1. The molecule has 1 heterocycles. The van der Waals surface area contributed by atoms with Gasteiger partial charge in [-0.3, -0.25) is 0 Å². The summed E-state index contributed by atoms with van der Waals surface area (Å²) in [5.41, 5.74) is 6.85. The lowest BCUT2D eigenvalue weighted by molar-refractivity contribution is 0.420. The molecule has 2 bridgehead atoms. The molecule has 3 aliphatic rings. The van der Waals surface area contributed by atoms with Crippen LogP contribution in [0.5, 0.6) is 0 Å². The third-order valence-electron chi connectivity index (χ3n) is 7.95. The van der Waals surface area contributed by atoms with Gasteiger partial charge in [-0.1, -0.05) is 62.0 Å². The van der Waals surface area contributed by atoms with E-state index >= 15 is 0 Å². The Morgan fingerprint density at radius 1 is 0.759 bits per heavy atom. The molecular weight excluding hydrogens is 366 g/mol. The van der Waals surface area contributed by atoms with Crippen molar-refractivity contribution in [2.75, 3.05) is 5.32 Å². The Labute approximate surface area is 175 Å². The van der Waals surface area contributed by atoms with Crippen LogP contribution in [0.4, 0.5) is 11.4 Å². The highest BCUT2D eigenvalue weighted by Gasteiger charge is 2.40. The lowest BCUT2D eigenvalue weighted by Crippen LogP contribution is -2.49. The summed E-state index contributed by atoms with van der Waals surface area (Å²) < 4.78 is 0. The second-order valence-electron chi connectivity index (χ2n) is 9.96. The first kappa shape index (κ1) is 17.5. The van der Waals surface area contributed by atoms with E-state index in [0.29, 0.717) is 0 Å². The molecule has 3 aromatic rings. The fourth-order valence-corrected chi connectivity index (χ4v) is 9.52. The van der Waals surface area contributed by atoms with Gasteiger partial charge < -0.3 is 5.32 Å². The summed E-state index contributed by atoms with van der Waals surface area (Å²) in [4.78, 5) is 0. The molecule has 2 fully saturated rings. The molecule has 2 saturated carbocycles. The molecule has 3 aromatic carbocycles. The standard InChI is InChI=1S/C27H29NSi/c1-29(2)26-6-4-3-5-23(26)24-14-13-22(17-27(24)29)28-21-11-9-19(10-12-21)25-16-18-7-8-20(25)15-18/h3-6,9-14,17-18,20,25,28H,7-8,15-16H2,1-2H3. The van der Waals surface area contributed by atoms with E-state index in [1.165, 1.54) is 48.2 Å². The van der Waals surface area contributed by atoms with E-state index in [0.717, 1.165) is 17.8 Å². The third-order valence-corrected chi connectivity index (χ3v) is 11.5. The second kappa shape index (κ2) is 6.34. The van der Waals surface area contributed by atoms with Gasteiger partial charge in [0, 0.05) is 11.4 Å². The fourth-order valence-electron chi connectivity index (χ4n) is 6.42. The SMILES string of the molecule is C[Si]1(C)c2ccccc2-c2ccc(Nc3ccc(C4CC5CCC4C5)cc3)cc21. The van der Waals surface area contributed by atoms with Gasteiger partial charge in [0.15, 0.2) is 0 Å². The van der Waals surface area contributed by atoms with Crippen LogP contribution in [0, 0.1) is 11.8 Å². The van der Waals surface area contributed by atoms with Crippen LogP contribution in [0.3, 0.4) is 0 Å². The van der Waals surface area contributed by atoms with Crippen LogP contribution in [-0.4, -0.2) is 8.07 Å². The van der Waals surface area contributed by atoms with Crippen LogP contribution in [0.25, 0.3) is 11.1 Å². The Kier molecular flexibility index (Phi) is 3.83. The van der Waals surface area contributed by atoms with Crippen molar-refractivity contribution in [1.82, 2.24) is 0 Å². The predicted molar refractivity (Wildman–Crippen MR) is 127 cm³/mol. The summed E-state index contributed by atoms with van der Waals surface area (Å²) in [7, 11) is -1.60. The minimum absolute atomic E-state index is 0.813. The van der Waals surface area contributed by atoms with Gasteiger partial charge in [0.25, 0.3) is 0 Å². The number of hydrogen-bond acceptors (Lipinski definition) is 1. The topological polar surface area (TPSA) is 12.0 Å². The van der Waals surface area contributed by atoms with Gasteiger partial charge in [0.05, 0.1) is 0 Å². The number of fused-ring (bicyclic) bond motifs is 5. The van der Waals surface area contributed by atoms with E-state index in [2.05, 4.69) is 85.1 Å². The van der Waals surface area contributed by atoms with E-state index in [1.807, 2.05) is 0 Å². The Hall–Kier alpha value is -2.32. The van der Waals surface area contributed by atoms with E-state index in [-0.39, 0.29) is 0 Å². The highest BCUT2D eigenvalue weighted by molar-refractivity contribution is 7.03. The van der Waals surface area contributed by atoms with Crippen LogP contribution in [0.2, 0.25) is 13.1 Å². The summed E-state index contributed by atoms with van der Waals surface area (Å²) in [5, 5.41) is 6.80. The van der Waals surface area contributed by atoms with Crippen LogP contribution >= 0.6 is 0 Å². The number of anilines is 2. The summed E-state index contributed by atoms with van der Waals surface area (Å²) in [6.07, 6.45) is 5.82. The molecule has 2 aliphatic carbocycles. The van der Waals surface area contributed by atoms with Crippen molar-refractivity contribution in [1.29, 1.82) is 0 Å². The van der Waals surface area contributed by atoms with Crippen molar-refractivity contribution in [3.8, 4) is 11.1 Å². The maximum absolute atomic E-state index is 3.67. The molecule has 0 amide bonds. The Morgan fingerprint density at radius 3 is 2.28 bits per heavy atom. The molecule has 0 aromatic heterocycles. The average molecular weight is 396 g/mol. The van der Waals surface area contributed by atoms with Crippen molar-refractivity contribution in [2.24, 2.45) is 11.8 Å². The molecule has 146 valence electrons. The normalized spacial score (nSPS) is 25.7. The van der Waals surface area contributed by atoms with Crippen molar-refractivity contribution in [3.05, 3.63) is 72.3 Å². The minimum atomic E-state index is -1.60. The van der Waals surface area contributed by atoms with Gasteiger partial charge in [-0.2, -0.15) is 0 Å². The summed E-state index contributed by atoms with van der Waals surface area (Å²) in [6, 6.07) is 25.3. The van der Waals surface area contributed by atoms with Gasteiger partial charge in [0.2, 0.25) is 0 Å². The van der Waals surface area contributed by atoms with E-state index in [4.69, 9.17) is 0 Å². The van der Waals surface area contributed by atoms with E-state index in [1.54, 1.807) is 15.9 Å². The Balaban J connectivity index is 1.26. The first-order valence-corrected chi connectivity index (χ1v) is 14.2. The lowest BCUT2D eigenvalue weighted by Gasteiger charge is -2.22. The zero-order chi connectivity index (χ0) is 19.6. The van der Waals surface area contributed by atoms with Crippen molar-refractivity contribution in [2.45, 2.75) is 44.7 Å². The number of benzene rings is 3. The highest BCUT2D eigenvalue weighted by Crippen LogP contribution is 2.52. The maximum Gasteiger partial charge on any atom is 0.113 e. The van der Waals surface area contributed by atoms with Crippen molar-refractivity contribution >= 4 is 29.8 Å². The van der Waals surface area contributed by atoms with Gasteiger partial charge in [-0.15, -0.1) is 0 Å². The maximum atomic E-state index is 3.67. The average Bonchev–Trinajstić information content (AvgIpc) is 3.43. The smallest absolute Gasteiger partial charge is 0.113 e. The molecular formula is C27H29NSi. The molecule has 1 aliphatic heterocycles. The largest absolute Gasteiger partial charge is 0.356 e. The van der Waals surface area contributed by atoms with Gasteiger partial charge in [-0.05, 0) is 88.3 Å². The van der Waals surface area contributed by atoms with E-state index in [9.17, 15) is 0 Å². The monoisotopic (exact) mass is 395 g/mol. The van der Waals surface area contributed by atoms with Gasteiger partial charge in [0.1, 0.15) is 8.07 Å². The second-order valence-corrected chi connectivity index (χ2v) is 14.3. The van der Waals surface area contributed by atoms with Crippen LogP contribution in [0.1, 0.15) is 37.2 Å². The van der Waals surface area contributed by atoms with Crippen molar-refractivity contribution < 1.29 is 0 Å². The molecule has 3 unspecified atom stereocenters. The summed E-state index contributed by atoms with van der Waals surface area (Å²) in [5.74, 6) is 2.77. The molecule has 0 saturated heterocycles. The van der Waals surface area contributed by atoms with Crippen molar-refractivity contribution in [3.63, 3.8) is 0 Å². The van der Waals surface area contributed by atoms with Crippen LogP contribution in [-0.2, 0) is 0 Å². The molecule has 29 heavy (non-hydrogen) atoms. The minimum Gasteiger partial charge on any atom is -0.356 e. The van der Waals surface area contributed by atoms with Crippen LogP contribution in [0.15, 0.2) is 66.7 Å². The molecule has 1 N–H and O–H groups in total. The van der Waals surface area contributed by atoms with Gasteiger partial charge >= 0.3 is 0 Å². The number of rotatable bonds is 3. The Bertz CT molecular complexity index is 1080. The zero-order valence-corrected chi connectivity index (χ0v) is 18.4. The van der Waals surface area contributed by atoms with Gasteiger partial charge in [-0.25, -0.2) is 0 Å². The lowest BCUT2D eigenvalue weighted by atomic mass is 9.83. The quantitative estimate of drug-likeness (QED) is 0.526. The van der Waals surface area contributed by atoms with Crippen LogP contribution < -0.4 is 15.7 Å². The first-order valence-electron chi connectivity index (χ1n) is 11.2. The molecule has 2 heteroatoms. The van der Waals surface area contributed by atoms with E-state index < -0.39 is 8.07 Å². The molecule has 0 radical (unpaired) electrons. The molecule has 3 atom stereocenters. The fraction of sp³-hybridized carbons (Fsp3) is 0.333. The third kappa shape index (κ3) is 2.73. The first-order chi connectivity index (χ1) is 14.1. The Morgan fingerprint density at radius 2 is 1.52 bits per heavy atom. The molecule has 1 nitrogen and oxygen atoms in total. The zero-order valence-electron chi connectivity index (χ0n) is 17.4. The highest BCUT2D eigenvalue weighted by atomic mass is 28.3. The predicted octanol–water partition coefficient (Wildman–Crippen LogP) is 6.14. The summed E-state index contributed by atoms with van der Waals surface area (Å²) >= 11 is 0. The molecule has 6 rings (SSSR count). The summed E-state index contributed by atoms with van der Waals surface area (Å²) in [6.45, 7) is 4.96. The number of nitrogens with one attached hydrogen (secondary N) is 1.